The molecule has 208 valence electrons. The second-order valence-electron chi connectivity index (χ2n) is 10.5. The third-order valence-electron chi connectivity index (χ3n) is 4.52. The van der Waals surface area contributed by atoms with Gasteiger partial charge in [-0.25, -0.2) is 9.59 Å². The lowest BCUT2D eigenvalue weighted by Gasteiger charge is -2.28. The fourth-order valence-corrected chi connectivity index (χ4v) is 2.63. The van der Waals surface area contributed by atoms with Gasteiger partial charge < -0.3 is 39.7 Å². The fraction of sp³-hybridized carbons (Fsp3) is 0.692. The van der Waals surface area contributed by atoms with E-state index in [0.717, 1.165) is 5.56 Å². The van der Waals surface area contributed by atoms with Crippen molar-refractivity contribution in [3.63, 3.8) is 0 Å². The van der Waals surface area contributed by atoms with Crippen LogP contribution in [0.3, 0.4) is 0 Å². The molecule has 0 aliphatic carbocycles. The van der Waals surface area contributed by atoms with E-state index in [-0.39, 0.29) is 13.2 Å². The van der Waals surface area contributed by atoms with Crippen LogP contribution in [0.25, 0.3) is 0 Å². The molecule has 0 saturated heterocycles. The van der Waals surface area contributed by atoms with Crippen molar-refractivity contribution >= 4 is 12.2 Å². The first-order valence-electron chi connectivity index (χ1n) is 12.1. The highest BCUT2D eigenvalue weighted by Crippen LogP contribution is 2.14. The first-order valence-corrected chi connectivity index (χ1v) is 12.1. The number of hydrogen-bond donors (Lipinski definition) is 4. The number of ether oxygens (including phenoxy) is 2. The zero-order valence-electron chi connectivity index (χ0n) is 22.8. The largest absolute Gasteiger partial charge is 0.444 e. The van der Waals surface area contributed by atoms with Crippen molar-refractivity contribution in [1.29, 1.82) is 0 Å². The molecular weight excluding hydrogens is 468 g/mol. The second-order valence-corrected chi connectivity index (χ2v) is 10.5. The van der Waals surface area contributed by atoms with Crippen LogP contribution in [-0.2, 0) is 16.0 Å². The second kappa shape index (κ2) is 16.4. The van der Waals surface area contributed by atoms with Crippen LogP contribution in [0.4, 0.5) is 9.59 Å². The smallest absolute Gasteiger partial charge is 0.410 e. The van der Waals surface area contributed by atoms with Crippen LogP contribution < -0.4 is 0 Å². The molecule has 2 amide bonds. The molecule has 4 N–H and O–H groups in total. The predicted molar refractivity (Wildman–Crippen MR) is 137 cm³/mol. The molecule has 0 spiro atoms. The summed E-state index contributed by atoms with van der Waals surface area (Å²) in [5.74, 6) is 0. The average molecular weight is 515 g/mol. The van der Waals surface area contributed by atoms with Gasteiger partial charge in [-0.2, -0.15) is 0 Å². The minimum absolute atomic E-state index is 0.290. The van der Waals surface area contributed by atoms with Gasteiger partial charge in [0.05, 0.1) is 25.4 Å². The molecule has 10 heteroatoms. The summed E-state index contributed by atoms with van der Waals surface area (Å²) < 4.78 is 10.5. The molecule has 0 aromatic heterocycles. The Balaban J connectivity index is 0.000000723. The Labute approximate surface area is 215 Å². The molecule has 0 bridgehead atoms. The summed E-state index contributed by atoms with van der Waals surface area (Å²) in [5.41, 5.74) is -0.0930. The Morgan fingerprint density at radius 1 is 0.806 bits per heavy atom. The molecule has 1 rings (SSSR count). The van der Waals surface area contributed by atoms with Crippen molar-refractivity contribution in [2.24, 2.45) is 0 Å². The van der Waals surface area contributed by atoms with E-state index in [0.29, 0.717) is 32.5 Å². The molecule has 0 heterocycles. The van der Waals surface area contributed by atoms with Crippen molar-refractivity contribution in [2.45, 2.75) is 84.3 Å². The maximum absolute atomic E-state index is 12.2. The summed E-state index contributed by atoms with van der Waals surface area (Å²) in [4.78, 5) is 26.6. The van der Waals surface area contributed by atoms with E-state index >= 15 is 0 Å². The number of amides is 2. The van der Waals surface area contributed by atoms with Crippen LogP contribution in [0.1, 0.15) is 59.9 Å². The Morgan fingerprint density at radius 2 is 1.25 bits per heavy atom. The van der Waals surface area contributed by atoms with Gasteiger partial charge in [0.25, 0.3) is 0 Å². The van der Waals surface area contributed by atoms with E-state index in [9.17, 15) is 14.7 Å². The number of carbonyl (C=O) groups excluding carboxylic acids is 2. The Bertz CT molecular complexity index is 747. The van der Waals surface area contributed by atoms with Crippen molar-refractivity contribution in [2.75, 3.05) is 33.4 Å². The van der Waals surface area contributed by atoms with E-state index in [1.807, 2.05) is 51.1 Å². The van der Waals surface area contributed by atoms with Crippen LogP contribution in [-0.4, -0.2) is 99.2 Å². The van der Waals surface area contributed by atoms with Crippen LogP contribution in [0, 0.1) is 0 Å². The number of hydrogen-bond acceptors (Lipinski definition) is 8. The van der Waals surface area contributed by atoms with Gasteiger partial charge in [0.15, 0.2) is 0 Å². The summed E-state index contributed by atoms with van der Waals surface area (Å²) in [6.07, 6.45) is -1.81. The lowest BCUT2D eigenvalue weighted by molar-refractivity contribution is 0.0176. The molecule has 0 aliphatic heterocycles. The minimum Gasteiger partial charge on any atom is -0.444 e. The highest BCUT2D eigenvalue weighted by molar-refractivity contribution is 5.68. The zero-order chi connectivity index (χ0) is 27.9. The molecule has 10 nitrogen and oxygen atoms in total. The number of aliphatic hydroxyl groups is 4. The molecule has 1 aromatic rings. The van der Waals surface area contributed by atoms with Gasteiger partial charge in [-0.05, 0) is 59.9 Å². The monoisotopic (exact) mass is 514 g/mol. The summed E-state index contributed by atoms with van der Waals surface area (Å²) in [7, 11) is 1.60. The van der Waals surface area contributed by atoms with Crippen molar-refractivity contribution in [3.8, 4) is 0 Å². The average Bonchev–Trinajstić information content (AvgIpc) is 2.78. The molecule has 0 fully saturated rings. The highest BCUT2D eigenvalue weighted by atomic mass is 16.6. The van der Waals surface area contributed by atoms with Gasteiger partial charge in [0.2, 0.25) is 0 Å². The van der Waals surface area contributed by atoms with Gasteiger partial charge in [-0.1, -0.05) is 30.3 Å². The quantitative estimate of drug-likeness (QED) is 0.374. The Hall–Kier alpha value is -2.40. The molecule has 2 unspecified atom stereocenters. The molecule has 2 atom stereocenters. The van der Waals surface area contributed by atoms with Crippen molar-refractivity contribution < 1.29 is 39.5 Å². The van der Waals surface area contributed by atoms with E-state index in [2.05, 4.69) is 0 Å². The molecule has 0 radical (unpaired) electrons. The Kier molecular flexibility index (Phi) is 15.3. The maximum atomic E-state index is 12.2. The van der Waals surface area contributed by atoms with Crippen LogP contribution in [0.2, 0.25) is 0 Å². The van der Waals surface area contributed by atoms with Crippen LogP contribution in [0.15, 0.2) is 30.3 Å². The topological polar surface area (TPSA) is 140 Å². The summed E-state index contributed by atoms with van der Waals surface area (Å²) >= 11 is 0. The minimum atomic E-state index is -0.828. The summed E-state index contributed by atoms with van der Waals surface area (Å²) in [5, 5.41) is 36.0. The first-order chi connectivity index (χ1) is 16.6. The standard InChI is InChI=1S/C16H25NO4.C10H21NO4/c1-16(2,3)21-15(20)17(10-9-14(19)12-18)11-13-7-5-4-6-8-13;1-10(2,3)15-9(14)11(4)6-5-8(13)7-12/h4-8,14,18-19H,9-12H2,1-3H3;8,12-13H,5-7H2,1-4H3. The SMILES string of the molecule is CC(C)(C)OC(=O)N(CCC(O)CO)Cc1ccccc1.CN(CCC(O)CO)C(=O)OC(C)(C)C. The third-order valence-corrected chi connectivity index (χ3v) is 4.52. The van der Waals surface area contributed by atoms with Gasteiger partial charge in [0, 0.05) is 26.7 Å². The molecule has 1 aromatic carbocycles. The number of benzene rings is 1. The van der Waals surface area contributed by atoms with Crippen molar-refractivity contribution in [3.05, 3.63) is 35.9 Å². The number of carbonyl (C=O) groups is 2. The van der Waals surface area contributed by atoms with Crippen molar-refractivity contribution in [1.82, 2.24) is 9.80 Å². The van der Waals surface area contributed by atoms with E-state index in [1.165, 1.54) is 4.90 Å². The molecule has 0 saturated carbocycles. The zero-order valence-corrected chi connectivity index (χ0v) is 22.8. The highest BCUT2D eigenvalue weighted by Gasteiger charge is 2.23. The predicted octanol–water partition coefficient (Wildman–Crippen LogP) is 2.76. The molecular formula is C26H46N2O8. The lowest BCUT2D eigenvalue weighted by Crippen LogP contribution is -2.38. The molecule has 0 aliphatic rings. The maximum Gasteiger partial charge on any atom is 0.410 e. The molecule has 36 heavy (non-hydrogen) atoms. The van der Waals surface area contributed by atoms with Gasteiger partial charge in [-0.15, -0.1) is 0 Å². The van der Waals surface area contributed by atoms with Crippen LogP contribution in [0.5, 0.6) is 0 Å². The van der Waals surface area contributed by atoms with E-state index in [4.69, 9.17) is 24.8 Å². The van der Waals surface area contributed by atoms with Crippen LogP contribution >= 0.6 is 0 Å². The number of aliphatic hydroxyl groups excluding tert-OH is 4. The Morgan fingerprint density at radius 3 is 1.69 bits per heavy atom. The van der Waals surface area contributed by atoms with Gasteiger partial charge in [0.1, 0.15) is 11.2 Å². The summed E-state index contributed by atoms with van der Waals surface area (Å²) in [6, 6.07) is 9.59. The number of rotatable bonds is 10. The first kappa shape index (κ1) is 33.6. The summed E-state index contributed by atoms with van der Waals surface area (Å²) in [6.45, 7) is 11.3. The normalized spacial score (nSPS) is 13.1. The number of nitrogens with zero attached hydrogens (tertiary/aromatic N) is 2. The third kappa shape index (κ3) is 17.1. The van der Waals surface area contributed by atoms with Gasteiger partial charge in [-0.3, -0.25) is 0 Å². The van der Waals surface area contributed by atoms with E-state index in [1.54, 1.807) is 32.7 Å². The van der Waals surface area contributed by atoms with E-state index < -0.39 is 35.6 Å². The lowest BCUT2D eigenvalue weighted by atomic mass is 10.2. The van der Waals surface area contributed by atoms with Gasteiger partial charge >= 0.3 is 12.2 Å². The fourth-order valence-electron chi connectivity index (χ4n) is 2.63.